The van der Waals surface area contributed by atoms with E-state index in [1.807, 2.05) is 44.2 Å². The zero-order valence-corrected chi connectivity index (χ0v) is 23.2. The van der Waals surface area contributed by atoms with Crippen LogP contribution in [-0.2, 0) is 9.59 Å². The molecule has 0 radical (unpaired) electrons. The maximum Gasteiger partial charge on any atom is 0.311 e. The number of esters is 1. The van der Waals surface area contributed by atoms with Crippen LogP contribution in [0.5, 0.6) is 17.2 Å². The minimum absolute atomic E-state index is 0.186. The van der Waals surface area contributed by atoms with Gasteiger partial charge in [0.1, 0.15) is 0 Å². The molecule has 0 unspecified atom stereocenters. The molecule has 0 aliphatic carbocycles. The van der Waals surface area contributed by atoms with E-state index in [-0.39, 0.29) is 18.1 Å². The van der Waals surface area contributed by atoms with Crippen molar-refractivity contribution in [2.45, 2.75) is 27.2 Å². The smallest absolute Gasteiger partial charge is 0.311 e. The molecule has 7 nitrogen and oxygen atoms in total. The minimum atomic E-state index is -0.419. The van der Waals surface area contributed by atoms with E-state index in [2.05, 4.69) is 16.4 Å². The minimum Gasteiger partial charge on any atom is -0.493 e. The van der Waals surface area contributed by atoms with Gasteiger partial charge < -0.3 is 19.5 Å². The van der Waals surface area contributed by atoms with Crippen molar-refractivity contribution in [3.05, 3.63) is 82.5 Å². The number of rotatable bonds is 8. The van der Waals surface area contributed by atoms with E-state index < -0.39 is 5.97 Å². The molecule has 0 saturated heterocycles. The third-order valence-electron chi connectivity index (χ3n) is 6.12. The molecule has 0 fully saturated rings. The SMILES string of the molecule is CCC(=O)Oc1c(OC)cc(C=CC(=O)Nc2cnc3c(C)cc(C)cc3c2-c2ccccc2Cl)cc1OC. The van der Waals surface area contributed by atoms with Crippen molar-refractivity contribution in [2.75, 3.05) is 19.5 Å². The van der Waals surface area contributed by atoms with Gasteiger partial charge in [0.2, 0.25) is 11.7 Å². The first-order chi connectivity index (χ1) is 18.7. The van der Waals surface area contributed by atoms with E-state index in [1.54, 1.807) is 31.3 Å². The number of carbonyl (C=O) groups is 2. The highest BCUT2D eigenvalue weighted by atomic mass is 35.5. The van der Waals surface area contributed by atoms with Crippen molar-refractivity contribution in [1.82, 2.24) is 4.98 Å². The van der Waals surface area contributed by atoms with Gasteiger partial charge in [-0.15, -0.1) is 0 Å². The van der Waals surface area contributed by atoms with Gasteiger partial charge in [-0.05, 0) is 55.3 Å². The van der Waals surface area contributed by atoms with Crippen LogP contribution in [0.15, 0.2) is 60.8 Å². The summed E-state index contributed by atoms with van der Waals surface area (Å²) in [5.41, 5.74) is 5.69. The first kappa shape index (κ1) is 27.7. The van der Waals surface area contributed by atoms with Gasteiger partial charge in [0.15, 0.2) is 11.5 Å². The Kier molecular flexibility index (Phi) is 8.52. The highest BCUT2D eigenvalue weighted by Crippen LogP contribution is 2.40. The summed E-state index contributed by atoms with van der Waals surface area (Å²) in [5, 5.41) is 4.43. The molecule has 0 aliphatic heterocycles. The van der Waals surface area contributed by atoms with Gasteiger partial charge >= 0.3 is 5.97 Å². The number of halogens is 1. The summed E-state index contributed by atoms with van der Waals surface area (Å²) in [7, 11) is 2.93. The maximum absolute atomic E-state index is 13.1. The Hall–Kier alpha value is -4.36. The lowest BCUT2D eigenvalue weighted by Crippen LogP contribution is -2.10. The molecule has 0 atom stereocenters. The van der Waals surface area contributed by atoms with Crippen molar-refractivity contribution >= 4 is 46.1 Å². The second-order valence-corrected chi connectivity index (χ2v) is 9.32. The molecular formula is C31H29ClN2O5. The molecule has 0 spiro atoms. The number of benzene rings is 3. The Labute approximate surface area is 232 Å². The van der Waals surface area contributed by atoms with Crippen LogP contribution < -0.4 is 19.5 Å². The number of anilines is 1. The molecule has 4 rings (SSSR count). The second-order valence-electron chi connectivity index (χ2n) is 8.91. The molecule has 1 N–H and O–H groups in total. The number of aromatic nitrogens is 1. The Morgan fingerprint density at radius 3 is 2.36 bits per heavy atom. The van der Waals surface area contributed by atoms with Crippen LogP contribution in [0, 0.1) is 13.8 Å². The topological polar surface area (TPSA) is 86.8 Å². The number of methoxy groups -OCH3 is 2. The lowest BCUT2D eigenvalue weighted by atomic mass is 9.96. The molecular weight excluding hydrogens is 516 g/mol. The number of nitrogens with zero attached hydrogens (tertiary/aromatic N) is 1. The van der Waals surface area contributed by atoms with Gasteiger partial charge in [0, 0.05) is 34.0 Å². The zero-order valence-electron chi connectivity index (χ0n) is 22.4. The summed E-state index contributed by atoms with van der Waals surface area (Å²) in [6.45, 7) is 5.73. The number of amides is 1. The Balaban J connectivity index is 1.71. The molecule has 1 heterocycles. The van der Waals surface area contributed by atoms with E-state index in [4.69, 9.17) is 25.8 Å². The van der Waals surface area contributed by atoms with Crippen LogP contribution in [-0.4, -0.2) is 31.1 Å². The average Bonchev–Trinajstić information content (AvgIpc) is 2.92. The van der Waals surface area contributed by atoms with Crippen LogP contribution in [0.1, 0.15) is 30.0 Å². The highest BCUT2D eigenvalue weighted by molar-refractivity contribution is 6.34. The van der Waals surface area contributed by atoms with Gasteiger partial charge in [-0.2, -0.15) is 0 Å². The predicted octanol–water partition coefficient (Wildman–Crippen LogP) is 7.16. The first-order valence-electron chi connectivity index (χ1n) is 12.4. The third-order valence-corrected chi connectivity index (χ3v) is 6.45. The number of ether oxygens (including phenoxy) is 3. The zero-order chi connectivity index (χ0) is 28.1. The lowest BCUT2D eigenvalue weighted by Gasteiger charge is -2.16. The Morgan fingerprint density at radius 1 is 1.03 bits per heavy atom. The molecule has 8 heteroatoms. The quantitative estimate of drug-likeness (QED) is 0.144. The van der Waals surface area contributed by atoms with Gasteiger partial charge in [-0.1, -0.05) is 48.4 Å². The molecule has 1 amide bonds. The molecule has 0 saturated carbocycles. The van der Waals surface area contributed by atoms with Crippen LogP contribution in [0.3, 0.4) is 0 Å². The van der Waals surface area contributed by atoms with E-state index in [0.717, 1.165) is 33.2 Å². The molecule has 4 aromatic rings. The van der Waals surface area contributed by atoms with Gasteiger partial charge in [-0.3, -0.25) is 14.6 Å². The van der Waals surface area contributed by atoms with Crippen molar-refractivity contribution < 1.29 is 23.8 Å². The maximum atomic E-state index is 13.1. The molecule has 39 heavy (non-hydrogen) atoms. The summed E-state index contributed by atoms with van der Waals surface area (Å²) in [4.78, 5) is 29.6. The van der Waals surface area contributed by atoms with E-state index in [0.29, 0.717) is 27.8 Å². The van der Waals surface area contributed by atoms with E-state index >= 15 is 0 Å². The van der Waals surface area contributed by atoms with Crippen LogP contribution in [0.2, 0.25) is 5.02 Å². The standard InChI is InChI=1S/C31H29ClN2O5/c1-6-28(36)39-31-25(37-4)15-20(16-26(31)38-5)11-12-27(35)34-24-17-33-30-19(3)13-18(2)14-22(30)29(24)21-9-7-8-10-23(21)32/h7-17H,6H2,1-5H3,(H,34,35). The van der Waals surface area contributed by atoms with Crippen molar-refractivity contribution in [3.8, 4) is 28.4 Å². The summed E-state index contributed by atoms with van der Waals surface area (Å²) in [6.07, 6.45) is 4.86. The molecule has 3 aromatic carbocycles. The molecule has 0 bridgehead atoms. The Morgan fingerprint density at radius 2 is 1.72 bits per heavy atom. The van der Waals surface area contributed by atoms with Crippen molar-refractivity contribution in [2.24, 2.45) is 0 Å². The fraction of sp³-hybridized carbons (Fsp3) is 0.194. The predicted molar refractivity (Wildman–Crippen MR) is 155 cm³/mol. The lowest BCUT2D eigenvalue weighted by molar-refractivity contribution is -0.134. The van der Waals surface area contributed by atoms with Crippen LogP contribution in [0.4, 0.5) is 5.69 Å². The fourth-order valence-corrected chi connectivity index (χ4v) is 4.57. The average molecular weight is 545 g/mol. The second kappa shape index (κ2) is 12.0. The normalized spacial score (nSPS) is 11.0. The summed E-state index contributed by atoms with van der Waals surface area (Å²) in [6, 6.07) is 14.9. The van der Waals surface area contributed by atoms with E-state index in [9.17, 15) is 9.59 Å². The number of hydrogen-bond acceptors (Lipinski definition) is 6. The number of carbonyl (C=O) groups excluding carboxylic acids is 2. The first-order valence-corrected chi connectivity index (χ1v) is 12.7. The molecule has 200 valence electrons. The van der Waals surface area contributed by atoms with Gasteiger partial charge in [-0.25, -0.2) is 0 Å². The number of fused-ring (bicyclic) bond motifs is 1. The third kappa shape index (κ3) is 6.04. The van der Waals surface area contributed by atoms with Crippen molar-refractivity contribution in [3.63, 3.8) is 0 Å². The summed E-state index contributed by atoms with van der Waals surface area (Å²) in [5.74, 6) is 0.0141. The van der Waals surface area contributed by atoms with Crippen LogP contribution in [0.25, 0.3) is 28.1 Å². The summed E-state index contributed by atoms with van der Waals surface area (Å²) >= 11 is 6.60. The highest BCUT2D eigenvalue weighted by Gasteiger charge is 2.18. The Bertz CT molecular complexity index is 1570. The largest absolute Gasteiger partial charge is 0.493 e. The molecule has 1 aromatic heterocycles. The molecule has 0 aliphatic rings. The number of hydrogen-bond donors (Lipinski definition) is 1. The fourth-order valence-electron chi connectivity index (χ4n) is 4.34. The monoisotopic (exact) mass is 544 g/mol. The van der Waals surface area contributed by atoms with Gasteiger partial charge in [0.05, 0.1) is 31.6 Å². The number of pyridine rings is 1. The van der Waals surface area contributed by atoms with Crippen molar-refractivity contribution in [1.29, 1.82) is 0 Å². The van der Waals surface area contributed by atoms with E-state index in [1.165, 1.54) is 20.3 Å². The number of aryl methyl sites for hydroxylation is 2. The van der Waals surface area contributed by atoms with Crippen LogP contribution >= 0.6 is 11.6 Å². The summed E-state index contributed by atoms with van der Waals surface area (Å²) < 4.78 is 16.2. The number of nitrogens with one attached hydrogen (secondary N) is 1. The van der Waals surface area contributed by atoms with Gasteiger partial charge in [0.25, 0.3) is 0 Å².